The molecule has 4 rings (SSSR count). The van der Waals surface area contributed by atoms with E-state index in [9.17, 15) is 8.42 Å². The molecule has 0 unspecified atom stereocenters. The van der Waals surface area contributed by atoms with E-state index in [1.54, 1.807) is 18.3 Å². The lowest BCUT2D eigenvalue weighted by atomic mass is 10.0. The van der Waals surface area contributed by atoms with Crippen LogP contribution in [0.1, 0.15) is 37.3 Å². The summed E-state index contributed by atoms with van der Waals surface area (Å²) in [6.07, 6.45) is 5.82. The third-order valence-electron chi connectivity index (χ3n) is 5.57. The number of aromatic nitrogens is 1. The number of nitrogens with zero attached hydrogens (tertiary/aromatic N) is 2. The number of pyridine rings is 1. The Morgan fingerprint density at radius 2 is 1.71 bits per heavy atom. The first-order chi connectivity index (χ1) is 13.5. The number of rotatable bonds is 4. The standard InChI is InChI=1S/C23H26N2O2S/c1-3-18-9-12-21-20(15-18)23(25-13-5-4-6-14-25)22(16-24-21)28(26,27)19-10-7-17(2)8-11-19/h7-12,15-16H,3-6,13-14H2,1-2H3. The lowest BCUT2D eigenvalue weighted by molar-refractivity contribution is 0.571. The molecule has 1 aliphatic rings. The Labute approximate surface area is 167 Å². The molecule has 0 atom stereocenters. The van der Waals surface area contributed by atoms with Gasteiger partial charge in [-0.1, -0.05) is 30.7 Å². The second-order valence-electron chi connectivity index (χ2n) is 7.54. The average Bonchev–Trinajstić information content (AvgIpc) is 2.73. The monoisotopic (exact) mass is 394 g/mol. The molecule has 1 fully saturated rings. The topological polar surface area (TPSA) is 50.3 Å². The number of piperidine rings is 1. The lowest BCUT2D eigenvalue weighted by Crippen LogP contribution is -2.31. The second-order valence-corrected chi connectivity index (χ2v) is 9.46. The summed E-state index contributed by atoms with van der Waals surface area (Å²) >= 11 is 0. The highest BCUT2D eigenvalue weighted by molar-refractivity contribution is 7.91. The van der Waals surface area contributed by atoms with Crippen LogP contribution in [0.25, 0.3) is 10.9 Å². The van der Waals surface area contributed by atoms with E-state index in [0.717, 1.165) is 54.5 Å². The number of hydrogen-bond acceptors (Lipinski definition) is 4. The maximum absolute atomic E-state index is 13.5. The quantitative estimate of drug-likeness (QED) is 0.630. The predicted octanol–water partition coefficient (Wildman–Crippen LogP) is 4.93. The summed E-state index contributed by atoms with van der Waals surface area (Å²) in [7, 11) is -3.65. The van der Waals surface area contributed by atoms with Crippen molar-refractivity contribution >= 4 is 26.4 Å². The van der Waals surface area contributed by atoms with Crippen LogP contribution in [-0.2, 0) is 16.3 Å². The largest absolute Gasteiger partial charge is 0.370 e. The molecule has 0 aliphatic carbocycles. The van der Waals surface area contributed by atoms with E-state index in [-0.39, 0.29) is 0 Å². The Balaban J connectivity index is 1.97. The van der Waals surface area contributed by atoms with Crippen LogP contribution in [0.15, 0.2) is 58.5 Å². The van der Waals surface area contributed by atoms with Crippen molar-refractivity contribution in [2.45, 2.75) is 49.3 Å². The minimum atomic E-state index is -3.65. The van der Waals surface area contributed by atoms with Crippen LogP contribution in [0, 0.1) is 6.92 Å². The SMILES string of the molecule is CCc1ccc2ncc(S(=O)(=O)c3ccc(C)cc3)c(N3CCCCC3)c2c1. The summed E-state index contributed by atoms with van der Waals surface area (Å²) in [5.74, 6) is 0. The Hall–Kier alpha value is -2.40. The third-order valence-corrected chi connectivity index (χ3v) is 7.34. The molecule has 0 radical (unpaired) electrons. The van der Waals surface area contributed by atoms with Crippen LogP contribution in [0.5, 0.6) is 0 Å². The zero-order chi connectivity index (χ0) is 19.7. The first-order valence-corrected chi connectivity index (χ1v) is 11.5. The Kier molecular flexibility index (Phi) is 5.11. The summed E-state index contributed by atoms with van der Waals surface area (Å²) < 4.78 is 27.1. The van der Waals surface area contributed by atoms with Gasteiger partial charge < -0.3 is 4.90 Å². The maximum atomic E-state index is 13.5. The smallest absolute Gasteiger partial charge is 0.210 e. The minimum absolute atomic E-state index is 0.319. The molecule has 0 bridgehead atoms. The fraction of sp³-hybridized carbons (Fsp3) is 0.348. The van der Waals surface area contributed by atoms with E-state index in [1.807, 2.05) is 25.1 Å². The third kappa shape index (κ3) is 3.39. The molecule has 2 heterocycles. The summed E-state index contributed by atoms with van der Waals surface area (Å²) in [5.41, 5.74) is 3.90. The van der Waals surface area contributed by atoms with E-state index >= 15 is 0 Å². The lowest BCUT2D eigenvalue weighted by Gasteiger charge is -2.31. The molecule has 0 amide bonds. The van der Waals surface area contributed by atoms with Gasteiger partial charge in [0.1, 0.15) is 4.90 Å². The van der Waals surface area contributed by atoms with Crippen molar-refractivity contribution in [2.24, 2.45) is 0 Å². The van der Waals surface area contributed by atoms with Crippen LogP contribution in [0.3, 0.4) is 0 Å². The first-order valence-electron chi connectivity index (χ1n) is 9.99. The van der Waals surface area contributed by atoms with Gasteiger partial charge in [-0.15, -0.1) is 0 Å². The van der Waals surface area contributed by atoms with Gasteiger partial charge in [0, 0.05) is 24.7 Å². The molecular formula is C23H26N2O2S. The normalized spacial score (nSPS) is 15.1. The van der Waals surface area contributed by atoms with Gasteiger partial charge in [-0.05, 0) is 62.4 Å². The maximum Gasteiger partial charge on any atom is 0.210 e. The van der Waals surface area contributed by atoms with Crippen LogP contribution in [0.4, 0.5) is 5.69 Å². The van der Waals surface area contributed by atoms with Crippen LogP contribution < -0.4 is 4.90 Å². The second kappa shape index (κ2) is 7.55. The van der Waals surface area contributed by atoms with Gasteiger partial charge in [0.05, 0.1) is 16.1 Å². The van der Waals surface area contributed by atoms with Crippen LogP contribution >= 0.6 is 0 Å². The highest BCUT2D eigenvalue weighted by Crippen LogP contribution is 2.37. The van der Waals surface area contributed by atoms with Gasteiger partial charge >= 0.3 is 0 Å². The van der Waals surface area contributed by atoms with Crippen molar-refractivity contribution in [1.82, 2.24) is 4.98 Å². The van der Waals surface area contributed by atoms with E-state index < -0.39 is 9.84 Å². The summed E-state index contributed by atoms with van der Waals surface area (Å²) in [5, 5.41) is 0.939. The first kappa shape index (κ1) is 18.9. The van der Waals surface area contributed by atoms with Crippen molar-refractivity contribution < 1.29 is 8.42 Å². The zero-order valence-corrected chi connectivity index (χ0v) is 17.3. The molecule has 4 nitrogen and oxygen atoms in total. The number of benzene rings is 2. The molecule has 0 spiro atoms. The van der Waals surface area contributed by atoms with Gasteiger partial charge in [-0.25, -0.2) is 8.42 Å². The van der Waals surface area contributed by atoms with Crippen molar-refractivity contribution in [3.8, 4) is 0 Å². The van der Waals surface area contributed by atoms with Crippen molar-refractivity contribution in [3.05, 3.63) is 59.8 Å². The summed E-state index contributed by atoms with van der Waals surface area (Å²) in [6.45, 7) is 5.83. The van der Waals surface area contributed by atoms with Crippen molar-refractivity contribution in [3.63, 3.8) is 0 Å². The minimum Gasteiger partial charge on any atom is -0.370 e. The van der Waals surface area contributed by atoms with E-state index in [0.29, 0.717) is 9.79 Å². The number of fused-ring (bicyclic) bond motifs is 1. The van der Waals surface area contributed by atoms with Crippen molar-refractivity contribution in [2.75, 3.05) is 18.0 Å². The Morgan fingerprint density at radius 1 is 1.00 bits per heavy atom. The average molecular weight is 395 g/mol. The zero-order valence-electron chi connectivity index (χ0n) is 16.5. The van der Waals surface area contributed by atoms with E-state index in [1.165, 1.54) is 12.0 Å². The van der Waals surface area contributed by atoms with E-state index in [2.05, 4.69) is 28.9 Å². The summed E-state index contributed by atoms with van der Waals surface area (Å²) in [6, 6.07) is 13.3. The highest BCUT2D eigenvalue weighted by atomic mass is 32.2. The molecule has 146 valence electrons. The van der Waals surface area contributed by atoms with Gasteiger partial charge in [0.15, 0.2) is 0 Å². The van der Waals surface area contributed by atoms with Gasteiger partial charge in [-0.3, -0.25) is 4.98 Å². The summed E-state index contributed by atoms with van der Waals surface area (Å²) in [4.78, 5) is 7.40. The van der Waals surface area contributed by atoms with Gasteiger partial charge in [0.25, 0.3) is 0 Å². The van der Waals surface area contributed by atoms with Crippen LogP contribution in [0.2, 0.25) is 0 Å². The molecule has 0 N–H and O–H groups in total. The van der Waals surface area contributed by atoms with Gasteiger partial charge in [0.2, 0.25) is 9.84 Å². The fourth-order valence-electron chi connectivity index (χ4n) is 3.91. The van der Waals surface area contributed by atoms with Crippen molar-refractivity contribution in [1.29, 1.82) is 0 Å². The van der Waals surface area contributed by atoms with Crippen LogP contribution in [-0.4, -0.2) is 26.5 Å². The molecule has 28 heavy (non-hydrogen) atoms. The highest BCUT2D eigenvalue weighted by Gasteiger charge is 2.27. The number of aryl methyl sites for hydroxylation is 2. The number of hydrogen-bond donors (Lipinski definition) is 0. The van der Waals surface area contributed by atoms with E-state index in [4.69, 9.17) is 0 Å². The molecular weight excluding hydrogens is 368 g/mol. The molecule has 3 aromatic rings. The molecule has 1 saturated heterocycles. The van der Waals surface area contributed by atoms with Gasteiger partial charge in [-0.2, -0.15) is 0 Å². The predicted molar refractivity (Wildman–Crippen MR) is 114 cm³/mol. The number of sulfone groups is 1. The fourth-order valence-corrected chi connectivity index (χ4v) is 5.35. The molecule has 1 aromatic heterocycles. The molecule has 1 aliphatic heterocycles. The molecule has 0 saturated carbocycles. The number of anilines is 1. The Bertz CT molecular complexity index is 1100. The Morgan fingerprint density at radius 3 is 2.39 bits per heavy atom. The molecule has 5 heteroatoms. The molecule has 2 aromatic carbocycles.